The first kappa shape index (κ1) is 10.2. The largest absolute Gasteiger partial charge is 0.466 e. The van der Waals surface area contributed by atoms with Crippen LogP contribution in [0.2, 0.25) is 0 Å². The summed E-state index contributed by atoms with van der Waals surface area (Å²) >= 11 is 2.36. The van der Waals surface area contributed by atoms with E-state index in [9.17, 15) is 4.79 Å². The number of esters is 1. The molecule has 0 fully saturated rings. The van der Waals surface area contributed by atoms with Gasteiger partial charge < -0.3 is 4.74 Å². The van der Waals surface area contributed by atoms with E-state index in [2.05, 4.69) is 29.5 Å². The minimum atomic E-state index is -0.181. The van der Waals surface area contributed by atoms with Gasteiger partial charge in [-0.05, 0) is 12.8 Å². The highest BCUT2D eigenvalue weighted by molar-refractivity contribution is 14.1. The standard InChI is InChI=1S/C7H13IO2/c1-3-7(8)4-5-10-6(2)9/h7H,3-5H2,1-2H3. The van der Waals surface area contributed by atoms with E-state index in [0.29, 0.717) is 10.5 Å². The van der Waals surface area contributed by atoms with E-state index in [1.165, 1.54) is 6.92 Å². The zero-order chi connectivity index (χ0) is 7.98. The van der Waals surface area contributed by atoms with Crippen LogP contribution in [0.15, 0.2) is 0 Å². The third kappa shape index (κ3) is 6.32. The quantitative estimate of drug-likeness (QED) is 0.437. The van der Waals surface area contributed by atoms with Crippen LogP contribution in [0.4, 0.5) is 0 Å². The smallest absolute Gasteiger partial charge is 0.302 e. The molecule has 0 aromatic carbocycles. The van der Waals surface area contributed by atoms with Crippen LogP contribution in [0.1, 0.15) is 26.7 Å². The number of rotatable bonds is 4. The van der Waals surface area contributed by atoms with Gasteiger partial charge in [0.25, 0.3) is 0 Å². The van der Waals surface area contributed by atoms with Crippen molar-refractivity contribution < 1.29 is 9.53 Å². The van der Waals surface area contributed by atoms with Crippen molar-refractivity contribution in [3.05, 3.63) is 0 Å². The van der Waals surface area contributed by atoms with Gasteiger partial charge in [0.1, 0.15) is 0 Å². The zero-order valence-corrected chi connectivity index (χ0v) is 8.55. The second-order valence-corrected chi connectivity index (χ2v) is 3.90. The minimum absolute atomic E-state index is 0.181. The molecule has 1 unspecified atom stereocenters. The second-order valence-electron chi connectivity index (χ2n) is 2.13. The monoisotopic (exact) mass is 256 g/mol. The van der Waals surface area contributed by atoms with Gasteiger partial charge in [-0.3, -0.25) is 4.79 Å². The van der Waals surface area contributed by atoms with Crippen LogP contribution in [-0.2, 0) is 9.53 Å². The van der Waals surface area contributed by atoms with E-state index in [1.807, 2.05) is 0 Å². The molecule has 0 heterocycles. The first-order chi connectivity index (χ1) is 4.66. The van der Waals surface area contributed by atoms with Gasteiger partial charge in [-0.2, -0.15) is 0 Å². The Morgan fingerprint density at radius 2 is 2.30 bits per heavy atom. The zero-order valence-electron chi connectivity index (χ0n) is 6.39. The maximum Gasteiger partial charge on any atom is 0.302 e. The molecular weight excluding hydrogens is 243 g/mol. The van der Waals surface area contributed by atoms with Crippen molar-refractivity contribution in [2.24, 2.45) is 0 Å². The summed E-state index contributed by atoms with van der Waals surface area (Å²) < 4.78 is 5.41. The fraction of sp³-hybridized carbons (Fsp3) is 0.857. The van der Waals surface area contributed by atoms with Gasteiger partial charge in [0.15, 0.2) is 0 Å². The Kier molecular flexibility index (Phi) is 6.06. The van der Waals surface area contributed by atoms with Crippen LogP contribution in [0.3, 0.4) is 0 Å². The van der Waals surface area contributed by atoms with Crippen molar-refractivity contribution in [2.45, 2.75) is 30.6 Å². The Morgan fingerprint density at radius 1 is 1.70 bits per heavy atom. The van der Waals surface area contributed by atoms with Gasteiger partial charge in [0.2, 0.25) is 0 Å². The highest BCUT2D eigenvalue weighted by Crippen LogP contribution is 2.09. The molecule has 0 aliphatic rings. The summed E-state index contributed by atoms with van der Waals surface area (Å²) in [5, 5.41) is 0. The summed E-state index contributed by atoms with van der Waals surface area (Å²) in [6, 6.07) is 0. The number of ether oxygens (including phenoxy) is 1. The fourth-order valence-corrected chi connectivity index (χ4v) is 0.789. The number of halogens is 1. The molecule has 0 aromatic rings. The Hall–Kier alpha value is 0.200. The molecular formula is C7H13IO2. The van der Waals surface area contributed by atoms with Crippen LogP contribution in [0.25, 0.3) is 0 Å². The number of carbonyl (C=O) groups excluding carboxylic acids is 1. The number of carbonyl (C=O) groups is 1. The molecule has 10 heavy (non-hydrogen) atoms. The van der Waals surface area contributed by atoms with Crippen molar-refractivity contribution in [1.29, 1.82) is 0 Å². The van der Waals surface area contributed by atoms with E-state index < -0.39 is 0 Å². The maximum absolute atomic E-state index is 10.3. The van der Waals surface area contributed by atoms with Crippen LogP contribution >= 0.6 is 22.6 Å². The van der Waals surface area contributed by atoms with E-state index in [0.717, 1.165) is 12.8 Å². The third-order valence-electron chi connectivity index (χ3n) is 1.18. The molecule has 2 nitrogen and oxygen atoms in total. The van der Waals surface area contributed by atoms with Crippen molar-refractivity contribution in [2.75, 3.05) is 6.61 Å². The average molecular weight is 256 g/mol. The Labute approximate surface area is 75.5 Å². The summed E-state index contributed by atoms with van der Waals surface area (Å²) in [5.74, 6) is -0.181. The second kappa shape index (κ2) is 5.95. The Balaban J connectivity index is 3.11. The third-order valence-corrected chi connectivity index (χ3v) is 2.68. The molecule has 3 heteroatoms. The molecule has 0 aromatic heterocycles. The molecule has 0 aliphatic carbocycles. The molecule has 0 rings (SSSR count). The normalized spacial score (nSPS) is 12.7. The van der Waals surface area contributed by atoms with Gasteiger partial charge in [0.05, 0.1) is 6.61 Å². The van der Waals surface area contributed by atoms with Crippen molar-refractivity contribution in [3.63, 3.8) is 0 Å². The number of hydrogen-bond donors (Lipinski definition) is 0. The highest BCUT2D eigenvalue weighted by Gasteiger charge is 2.00. The fourth-order valence-electron chi connectivity index (χ4n) is 0.535. The first-order valence-electron chi connectivity index (χ1n) is 3.44. The summed E-state index contributed by atoms with van der Waals surface area (Å²) in [6.45, 7) is 4.13. The SMILES string of the molecule is CCC(I)CCOC(C)=O. The molecule has 1 atom stereocenters. The predicted molar refractivity (Wildman–Crippen MR) is 49.3 cm³/mol. The molecule has 0 saturated heterocycles. The number of alkyl halides is 1. The van der Waals surface area contributed by atoms with Gasteiger partial charge in [-0.15, -0.1) is 0 Å². The lowest BCUT2D eigenvalue weighted by Crippen LogP contribution is -2.05. The van der Waals surface area contributed by atoms with Gasteiger partial charge in [-0.1, -0.05) is 29.5 Å². The highest BCUT2D eigenvalue weighted by atomic mass is 127. The summed E-state index contributed by atoms with van der Waals surface area (Å²) in [5.41, 5.74) is 0. The van der Waals surface area contributed by atoms with Crippen LogP contribution in [-0.4, -0.2) is 16.5 Å². The molecule has 0 amide bonds. The maximum atomic E-state index is 10.3. The predicted octanol–water partition coefficient (Wildman–Crippen LogP) is 2.15. The van der Waals surface area contributed by atoms with Crippen molar-refractivity contribution in [3.8, 4) is 0 Å². The molecule has 0 saturated carbocycles. The Morgan fingerprint density at radius 3 is 2.70 bits per heavy atom. The first-order valence-corrected chi connectivity index (χ1v) is 4.68. The molecule has 60 valence electrons. The lowest BCUT2D eigenvalue weighted by atomic mass is 10.3. The molecule has 0 N–H and O–H groups in total. The Bertz CT molecular complexity index is 104. The van der Waals surface area contributed by atoms with Crippen LogP contribution in [0.5, 0.6) is 0 Å². The van der Waals surface area contributed by atoms with E-state index in [4.69, 9.17) is 4.74 Å². The topological polar surface area (TPSA) is 26.3 Å². The lowest BCUT2D eigenvalue weighted by Gasteiger charge is -2.05. The summed E-state index contributed by atoms with van der Waals surface area (Å²) in [6.07, 6.45) is 2.11. The number of hydrogen-bond acceptors (Lipinski definition) is 2. The average Bonchev–Trinajstić information content (AvgIpc) is 1.87. The van der Waals surface area contributed by atoms with E-state index in [1.54, 1.807) is 0 Å². The lowest BCUT2D eigenvalue weighted by molar-refractivity contribution is -0.141. The summed E-state index contributed by atoms with van der Waals surface area (Å²) in [7, 11) is 0. The van der Waals surface area contributed by atoms with Crippen LogP contribution < -0.4 is 0 Å². The molecule has 0 bridgehead atoms. The van der Waals surface area contributed by atoms with Gasteiger partial charge >= 0.3 is 5.97 Å². The molecule has 0 aliphatic heterocycles. The van der Waals surface area contributed by atoms with Crippen molar-refractivity contribution >= 4 is 28.6 Å². The molecule has 0 spiro atoms. The van der Waals surface area contributed by atoms with Gasteiger partial charge in [-0.25, -0.2) is 0 Å². The van der Waals surface area contributed by atoms with E-state index >= 15 is 0 Å². The molecule has 0 radical (unpaired) electrons. The van der Waals surface area contributed by atoms with Crippen molar-refractivity contribution in [1.82, 2.24) is 0 Å². The van der Waals surface area contributed by atoms with Gasteiger partial charge in [0, 0.05) is 10.8 Å². The van der Waals surface area contributed by atoms with Crippen LogP contribution in [0, 0.1) is 0 Å². The minimum Gasteiger partial charge on any atom is -0.466 e. The van der Waals surface area contributed by atoms with E-state index in [-0.39, 0.29) is 5.97 Å². The summed E-state index contributed by atoms with van der Waals surface area (Å²) in [4.78, 5) is 10.3.